The molecule has 70 valence electrons. The minimum atomic E-state index is -0.529. The molecule has 13 heavy (non-hydrogen) atoms. The molecule has 0 heterocycles. The van der Waals surface area contributed by atoms with Gasteiger partial charge in [0.25, 0.3) is 0 Å². The van der Waals surface area contributed by atoms with Gasteiger partial charge in [-0.1, -0.05) is 0 Å². The minimum Gasteiger partial charge on any atom is -0.293 e. The molecule has 0 radical (unpaired) electrons. The molecule has 0 spiro atoms. The van der Waals surface area contributed by atoms with Crippen molar-refractivity contribution in [3.8, 4) is 0 Å². The Morgan fingerprint density at radius 3 is 2.54 bits per heavy atom. The molecule has 0 aliphatic rings. The highest BCUT2D eigenvalue weighted by atomic mass is 19.1. The second-order valence-electron chi connectivity index (χ2n) is 2.38. The zero-order chi connectivity index (χ0) is 10.3. The van der Waals surface area contributed by atoms with Crippen LogP contribution in [0.4, 0.5) is 4.39 Å². The lowest BCUT2D eigenvalue weighted by molar-refractivity contribution is -0.111. The van der Waals surface area contributed by atoms with E-state index in [2.05, 4.69) is 10.7 Å². The van der Waals surface area contributed by atoms with Gasteiger partial charge in [0.05, 0.1) is 11.9 Å². The Hall–Kier alpha value is -1.47. The van der Waals surface area contributed by atoms with Gasteiger partial charge in [-0.15, -0.1) is 5.73 Å². The average molecular weight is 181 g/mol. The predicted octanol–water partition coefficient (Wildman–Crippen LogP) is 2.58. The zero-order valence-electron chi connectivity index (χ0n) is 7.97. The summed E-state index contributed by atoms with van der Waals surface area (Å²) in [5, 5.41) is 0. The van der Waals surface area contributed by atoms with Crippen LogP contribution in [-0.2, 0) is 4.79 Å². The topological polar surface area (TPSA) is 29.4 Å². The maximum Gasteiger partial charge on any atom is 0.173 e. The Labute approximate surface area is 77.2 Å². The lowest BCUT2D eigenvalue weighted by Crippen LogP contribution is -2.02. The molecule has 0 saturated heterocycles. The molecule has 0 bridgehead atoms. The van der Waals surface area contributed by atoms with E-state index in [-0.39, 0.29) is 11.5 Å². The van der Waals surface area contributed by atoms with E-state index in [1.165, 1.54) is 13.8 Å². The SMILES string of the molecule is CC=C=C/C(F)=C\N=C(/C)C(C)=O. The van der Waals surface area contributed by atoms with Gasteiger partial charge in [0.2, 0.25) is 0 Å². The summed E-state index contributed by atoms with van der Waals surface area (Å²) in [6.45, 7) is 4.64. The summed E-state index contributed by atoms with van der Waals surface area (Å²) in [5.74, 6) is -0.697. The smallest absolute Gasteiger partial charge is 0.173 e. The molecule has 0 unspecified atom stereocenters. The van der Waals surface area contributed by atoms with Crippen molar-refractivity contribution in [2.45, 2.75) is 20.8 Å². The molecule has 0 fully saturated rings. The van der Waals surface area contributed by atoms with E-state index < -0.39 is 5.83 Å². The summed E-state index contributed by atoms with van der Waals surface area (Å²) in [4.78, 5) is 14.3. The van der Waals surface area contributed by atoms with Crippen LogP contribution in [0.2, 0.25) is 0 Å². The summed E-state index contributed by atoms with van der Waals surface area (Å²) in [6.07, 6.45) is 3.72. The molecule has 3 heteroatoms. The first-order valence-corrected chi connectivity index (χ1v) is 3.86. The fourth-order valence-corrected chi connectivity index (χ4v) is 0.450. The molecule has 2 nitrogen and oxygen atoms in total. The van der Waals surface area contributed by atoms with E-state index >= 15 is 0 Å². The summed E-state index contributed by atoms with van der Waals surface area (Å²) >= 11 is 0. The fourth-order valence-electron chi connectivity index (χ4n) is 0.450. The van der Waals surface area contributed by atoms with Gasteiger partial charge in [-0.25, -0.2) is 4.39 Å². The van der Waals surface area contributed by atoms with Gasteiger partial charge in [0.15, 0.2) is 5.78 Å². The summed E-state index contributed by atoms with van der Waals surface area (Å²) in [7, 11) is 0. The molecule has 0 atom stereocenters. The standard InChI is InChI=1S/C10H12FNO/c1-4-5-6-10(11)7-12-8(2)9(3)13/h4,6-7H,1-3H3/b10-7+,12-8+. The van der Waals surface area contributed by atoms with Crippen molar-refractivity contribution in [2.24, 2.45) is 4.99 Å². The monoisotopic (exact) mass is 181 g/mol. The van der Waals surface area contributed by atoms with Crippen LogP contribution in [0.1, 0.15) is 20.8 Å². The van der Waals surface area contributed by atoms with Crippen LogP contribution >= 0.6 is 0 Å². The van der Waals surface area contributed by atoms with Crippen LogP contribution < -0.4 is 0 Å². The van der Waals surface area contributed by atoms with Crippen LogP contribution in [0, 0.1) is 0 Å². The van der Waals surface area contributed by atoms with Crippen molar-refractivity contribution in [3.05, 3.63) is 29.9 Å². The van der Waals surface area contributed by atoms with Gasteiger partial charge in [-0.2, -0.15) is 0 Å². The van der Waals surface area contributed by atoms with Crippen molar-refractivity contribution >= 4 is 11.5 Å². The van der Waals surface area contributed by atoms with Gasteiger partial charge in [-0.05, 0) is 19.9 Å². The lowest BCUT2D eigenvalue weighted by Gasteiger charge is -1.88. The molecule has 0 rings (SSSR count). The summed E-state index contributed by atoms with van der Waals surface area (Å²) < 4.78 is 12.7. The molecule has 0 saturated carbocycles. The maximum absolute atomic E-state index is 12.7. The third-order valence-electron chi connectivity index (χ3n) is 1.28. The Balaban J connectivity index is 4.51. The van der Waals surface area contributed by atoms with Crippen molar-refractivity contribution in [1.82, 2.24) is 0 Å². The van der Waals surface area contributed by atoms with Crippen molar-refractivity contribution < 1.29 is 9.18 Å². The average Bonchev–Trinajstić information content (AvgIpc) is 2.10. The van der Waals surface area contributed by atoms with Crippen LogP contribution in [-0.4, -0.2) is 11.5 Å². The zero-order valence-corrected chi connectivity index (χ0v) is 7.97. The van der Waals surface area contributed by atoms with Crippen molar-refractivity contribution in [2.75, 3.05) is 0 Å². The van der Waals surface area contributed by atoms with E-state index in [0.717, 1.165) is 12.3 Å². The molecule has 0 aromatic heterocycles. The van der Waals surface area contributed by atoms with E-state index in [1.54, 1.807) is 13.0 Å². The fraction of sp³-hybridized carbons (Fsp3) is 0.300. The number of nitrogens with zero attached hydrogens (tertiary/aromatic N) is 1. The molecule has 0 aromatic carbocycles. The van der Waals surface area contributed by atoms with Crippen LogP contribution in [0.15, 0.2) is 34.9 Å². The molecule has 0 N–H and O–H groups in total. The molecule has 0 aliphatic heterocycles. The Bertz CT molecular complexity index is 307. The third-order valence-corrected chi connectivity index (χ3v) is 1.28. The van der Waals surface area contributed by atoms with E-state index in [0.29, 0.717) is 0 Å². The number of carbonyl (C=O) groups is 1. The van der Waals surface area contributed by atoms with E-state index in [9.17, 15) is 9.18 Å². The van der Waals surface area contributed by atoms with Crippen molar-refractivity contribution in [1.29, 1.82) is 0 Å². The normalized spacial score (nSPS) is 12.0. The maximum atomic E-state index is 12.7. The number of rotatable bonds is 3. The highest BCUT2D eigenvalue weighted by Gasteiger charge is 1.94. The molecule has 0 aromatic rings. The lowest BCUT2D eigenvalue weighted by atomic mass is 10.3. The van der Waals surface area contributed by atoms with Gasteiger partial charge in [-0.3, -0.25) is 9.79 Å². The van der Waals surface area contributed by atoms with Crippen molar-refractivity contribution in [3.63, 3.8) is 0 Å². The van der Waals surface area contributed by atoms with Crippen LogP contribution in [0.3, 0.4) is 0 Å². The van der Waals surface area contributed by atoms with Gasteiger partial charge in [0.1, 0.15) is 5.83 Å². The Morgan fingerprint density at radius 2 is 2.08 bits per heavy atom. The first kappa shape index (κ1) is 11.5. The number of ketones is 1. The first-order valence-electron chi connectivity index (χ1n) is 3.86. The second kappa shape index (κ2) is 6.09. The number of aliphatic imine (C=N–C) groups is 1. The quantitative estimate of drug-likeness (QED) is 0.374. The second-order valence-corrected chi connectivity index (χ2v) is 2.38. The molecular weight excluding hydrogens is 169 g/mol. The highest BCUT2D eigenvalue weighted by Crippen LogP contribution is 1.97. The van der Waals surface area contributed by atoms with Crippen LogP contribution in [0.25, 0.3) is 0 Å². The van der Waals surface area contributed by atoms with Gasteiger partial charge in [0, 0.05) is 13.0 Å². The Kier molecular flexibility index (Phi) is 5.40. The van der Waals surface area contributed by atoms with E-state index in [4.69, 9.17) is 0 Å². The molecule has 0 amide bonds. The largest absolute Gasteiger partial charge is 0.293 e. The number of hydrogen-bond acceptors (Lipinski definition) is 2. The first-order chi connectivity index (χ1) is 6.07. The van der Waals surface area contributed by atoms with E-state index in [1.807, 2.05) is 0 Å². The molecule has 0 aliphatic carbocycles. The number of carbonyl (C=O) groups excluding carboxylic acids is 1. The van der Waals surface area contributed by atoms with Gasteiger partial charge < -0.3 is 0 Å². The van der Waals surface area contributed by atoms with Gasteiger partial charge >= 0.3 is 0 Å². The molecular formula is C10H12FNO. The number of hydrogen-bond donors (Lipinski definition) is 0. The number of allylic oxidation sites excluding steroid dienone is 2. The number of halogens is 1. The summed E-state index contributed by atoms with van der Waals surface area (Å²) in [6, 6.07) is 0. The minimum absolute atomic E-state index is 0.168. The third kappa shape index (κ3) is 5.76. The highest BCUT2D eigenvalue weighted by molar-refractivity contribution is 6.38. The predicted molar refractivity (Wildman–Crippen MR) is 51.3 cm³/mol. The Morgan fingerprint density at radius 1 is 1.46 bits per heavy atom. The summed E-state index contributed by atoms with van der Waals surface area (Å²) in [5.41, 5.74) is 2.84. The van der Waals surface area contributed by atoms with Crippen LogP contribution in [0.5, 0.6) is 0 Å². The number of Topliss-reactive ketones (excluding diaryl/α,β-unsaturated/α-hetero) is 1.